The molecule has 4 unspecified atom stereocenters. The minimum Gasteiger partial charge on any atom is -0.392 e. The van der Waals surface area contributed by atoms with E-state index in [1.807, 2.05) is 0 Å². The molecule has 1 saturated carbocycles. The standard InChI is InChI=1S/C18H30O2/c1-13(2)16-17(19)14-11-9-7-5-3-4-6-8-10-12-15(14)18(16)20/h5-8,13-20H,3-4,9-12H2,1-2H3. The first kappa shape index (κ1) is 15.8. The SMILES string of the molecule is CC(C)C1C(O)C2CCC=CCCC=CCCC2C1O. The molecule has 0 spiro atoms. The second-order valence-corrected chi connectivity index (χ2v) is 6.81. The summed E-state index contributed by atoms with van der Waals surface area (Å²) < 4.78 is 0. The van der Waals surface area contributed by atoms with E-state index < -0.39 is 0 Å². The number of allylic oxidation sites excluding steroid dienone is 4. The third-order valence-corrected chi connectivity index (χ3v) is 5.15. The molecule has 0 amide bonds. The molecular weight excluding hydrogens is 248 g/mol. The third kappa shape index (κ3) is 3.53. The van der Waals surface area contributed by atoms with Crippen molar-refractivity contribution in [3.05, 3.63) is 24.3 Å². The predicted molar refractivity (Wildman–Crippen MR) is 83.3 cm³/mol. The molecule has 2 aliphatic rings. The van der Waals surface area contributed by atoms with Crippen molar-refractivity contribution >= 4 is 0 Å². The number of hydrogen-bond donors (Lipinski definition) is 2. The molecule has 0 aliphatic heterocycles. The van der Waals surface area contributed by atoms with Crippen molar-refractivity contribution in [3.63, 3.8) is 0 Å². The van der Waals surface area contributed by atoms with E-state index in [2.05, 4.69) is 38.2 Å². The van der Waals surface area contributed by atoms with Crippen LogP contribution in [0.5, 0.6) is 0 Å². The monoisotopic (exact) mass is 278 g/mol. The summed E-state index contributed by atoms with van der Waals surface area (Å²) in [5.74, 6) is 0.905. The lowest BCUT2D eigenvalue weighted by molar-refractivity contribution is 0.0234. The van der Waals surface area contributed by atoms with Crippen molar-refractivity contribution in [3.8, 4) is 0 Å². The molecule has 2 heteroatoms. The van der Waals surface area contributed by atoms with Crippen LogP contribution in [-0.2, 0) is 0 Å². The molecule has 2 N–H and O–H groups in total. The van der Waals surface area contributed by atoms with Crippen LogP contribution in [0, 0.1) is 23.7 Å². The Balaban J connectivity index is 2.12. The lowest BCUT2D eigenvalue weighted by Gasteiger charge is -2.23. The molecule has 2 aliphatic carbocycles. The maximum Gasteiger partial charge on any atom is 0.0627 e. The van der Waals surface area contributed by atoms with Gasteiger partial charge in [-0.15, -0.1) is 0 Å². The predicted octanol–water partition coefficient (Wildman–Crippen LogP) is 3.69. The van der Waals surface area contributed by atoms with Crippen LogP contribution >= 0.6 is 0 Å². The van der Waals surface area contributed by atoms with Gasteiger partial charge in [0.2, 0.25) is 0 Å². The van der Waals surface area contributed by atoms with Gasteiger partial charge in [-0.25, -0.2) is 0 Å². The maximum absolute atomic E-state index is 10.6. The summed E-state index contributed by atoms with van der Waals surface area (Å²) in [6.07, 6.45) is 14.6. The largest absolute Gasteiger partial charge is 0.392 e. The lowest BCUT2D eigenvalue weighted by atomic mass is 9.86. The molecule has 0 saturated heterocycles. The van der Waals surface area contributed by atoms with Gasteiger partial charge in [0.15, 0.2) is 0 Å². The first-order chi connectivity index (χ1) is 9.63. The van der Waals surface area contributed by atoms with E-state index >= 15 is 0 Å². The molecule has 20 heavy (non-hydrogen) atoms. The smallest absolute Gasteiger partial charge is 0.0627 e. The Morgan fingerprint density at radius 1 is 0.750 bits per heavy atom. The van der Waals surface area contributed by atoms with E-state index in [1.165, 1.54) is 0 Å². The average Bonchev–Trinajstić information content (AvgIpc) is 2.61. The van der Waals surface area contributed by atoms with E-state index in [0.29, 0.717) is 5.92 Å². The maximum atomic E-state index is 10.6. The summed E-state index contributed by atoms with van der Waals surface area (Å²) in [7, 11) is 0. The zero-order valence-corrected chi connectivity index (χ0v) is 12.9. The Morgan fingerprint density at radius 2 is 1.15 bits per heavy atom. The van der Waals surface area contributed by atoms with Crippen molar-refractivity contribution in [2.24, 2.45) is 23.7 Å². The fourth-order valence-corrected chi connectivity index (χ4v) is 4.08. The third-order valence-electron chi connectivity index (χ3n) is 5.15. The van der Waals surface area contributed by atoms with Gasteiger partial charge < -0.3 is 10.2 Å². The topological polar surface area (TPSA) is 40.5 Å². The summed E-state index contributed by atoms with van der Waals surface area (Å²) in [5, 5.41) is 21.3. The van der Waals surface area contributed by atoms with Gasteiger partial charge in [-0.05, 0) is 56.3 Å². The molecule has 1 fully saturated rings. The van der Waals surface area contributed by atoms with Crippen LogP contribution in [0.2, 0.25) is 0 Å². The first-order valence-electron chi connectivity index (χ1n) is 8.29. The van der Waals surface area contributed by atoms with Crippen LogP contribution in [0.25, 0.3) is 0 Å². The van der Waals surface area contributed by atoms with Gasteiger partial charge in [-0.3, -0.25) is 0 Å². The minimum absolute atomic E-state index is 0.0445. The summed E-state index contributed by atoms with van der Waals surface area (Å²) in [4.78, 5) is 0. The summed E-state index contributed by atoms with van der Waals surface area (Å²) in [6.45, 7) is 4.23. The van der Waals surface area contributed by atoms with E-state index in [1.54, 1.807) is 0 Å². The van der Waals surface area contributed by atoms with Crippen molar-refractivity contribution in [2.45, 2.75) is 64.6 Å². The van der Waals surface area contributed by atoms with Crippen molar-refractivity contribution in [2.75, 3.05) is 0 Å². The minimum atomic E-state index is -0.338. The van der Waals surface area contributed by atoms with Crippen LogP contribution in [0.4, 0.5) is 0 Å². The molecule has 0 heterocycles. The first-order valence-corrected chi connectivity index (χ1v) is 8.29. The van der Waals surface area contributed by atoms with Crippen molar-refractivity contribution in [1.29, 1.82) is 0 Å². The molecular formula is C18H30O2. The van der Waals surface area contributed by atoms with Gasteiger partial charge in [0.1, 0.15) is 0 Å². The van der Waals surface area contributed by atoms with E-state index in [9.17, 15) is 10.2 Å². The van der Waals surface area contributed by atoms with Crippen LogP contribution in [0.1, 0.15) is 52.4 Å². The number of rotatable bonds is 1. The highest BCUT2D eigenvalue weighted by molar-refractivity contribution is 5.01. The molecule has 4 atom stereocenters. The van der Waals surface area contributed by atoms with Gasteiger partial charge in [0.05, 0.1) is 12.2 Å². The van der Waals surface area contributed by atoms with E-state index in [-0.39, 0.29) is 30.0 Å². The fraction of sp³-hybridized carbons (Fsp3) is 0.778. The molecule has 0 aromatic carbocycles. The van der Waals surface area contributed by atoms with Crippen LogP contribution in [0.15, 0.2) is 24.3 Å². The van der Waals surface area contributed by atoms with Crippen LogP contribution < -0.4 is 0 Å². The van der Waals surface area contributed by atoms with Gasteiger partial charge in [-0.1, -0.05) is 38.2 Å². The quantitative estimate of drug-likeness (QED) is 0.718. The Kier molecular flexibility index (Phi) is 5.86. The van der Waals surface area contributed by atoms with E-state index in [4.69, 9.17) is 0 Å². The molecule has 0 aromatic heterocycles. The zero-order valence-electron chi connectivity index (χ0n) is 12.9. The molecule has 0 radical (unpaired) electrons. The van der Waals surface area contributed by atoms with Gasteiger partial charge >= 0.3 is 0 Å². The van der Waals surface area contributed by atoms with Crippen LogP contribution in [-0.4, -0.2) is 22.4 Å². The number of hydrogen-bond acceptors (Lipinski definition) is 2. The zero-order chi connectivity index (χ0) is 14.5. The highest BCUT2D eigenvalue weighted by atomic mass is 16.3. The second kappa shape index (κ2) is 7.42. The van der Waals surface area contributed by atoms with Crippen molar-refractivity contribution in [1.82, 2.24) is 0 Å². The second-order valence-electron chi connectivity index (χ2n) is 6.81. The van der Waals surface area contributed by atoms with Gasteiger partial charge in [-0.2, -0.15) is 0 Å². The summed E-state index contributed by atoms with van der Waals surface area (Å²) in [5.41, 5.74) is 0. The lowest BCUT2D eigenvalue weighted by Crippen LogP contribution is -2.30. The highest BCUT2D eigenvalue weighted by Gasteiger charge is 2.48. The number of aliphatic hydroxyl groups excluding tert-OH is 2. The number of fused-ring (bicyclic) bond motifs is 1. The molecule has 2 rings (SSSR count). The Labute approximate surface area is 123 Å². The van der Waals surface area contributed by atoms with Gasteiger partial charge in [0, 0.05) is 5.92 Å². The Hall–Kier alpha value is -0.600. The number of aliphatic hydroxyl groups is 2. The average molecular weight is 278 g/mol. The highest BCUT2D eigenvalue weighted by Crippen LogP contribution is 2.45. The summed E-state index contributed by atoms with van der Waals surface area (Å²) >= 11 is 0. The molecule has 0 bridgehead atoms. The fourth-order valence-electron chi connectivity index (χ4n) is 4.08. The van der Waals surface area contributed by atoms with Crippen LogP contribution in [0.3, 0.4) is 0 Å². The van der Waals surface area contributed by atoms with Gasteiger partial charge in [0.25, 0.3) is 0 Å². The summed E-state index contributed by atoms with van der Waals surface area (Å²) in [6, 6.07) is 0. The molecule has 0 aromatic rings. The molecule has 2 nitrogen and oxygen atoms in total. The Morgan fingerprint density at radius 3 is 1.55 bits per heavy atom. The van der Waals surface area contributed by atoms with E-state index in [0.717, 1.165) is 38.5 Å². The normalized spacial score (nSPS) is 39.4. The Bertz CT molecular complexity index is 315. The molecule has 114 valence electrons. The van der Waals surface area contributed by atoms with Crippen molar-refractivity contribution < 1.29 is 10.2 Å².